The number of hydrogen-bond donors (Lipinski definition) is 2. The molecule has 0 aliphatic carbocycles. The molecule has 5 nitrogen and oxygen atoms in total. The third kappa shape index (κ3) is 2.65. The molecule has 0 spiro atoms. The van der Waals surface area contributed by atoms with Crippen LogP contribution in [0.3, 0.4) is 0 Å². The van der Waals surface area contributed by atoms with Crippen molar-refractivity contribution >= 4 is 27.5 Å². The van der Waals surface area contributed by atoms with Gasteiger partial charge in [-0.1, -0.05) is 23.8 Å². The van der Waals surface area contributed by atoms with Gasteiger partial charge in [-0.15, -0.1) is 0 Å². The van der Waals surface area contributed by atoms with Crippen LogP contribution in [0.1, 0.15) is 28.7 Å². The van der Waals surface area contributed by atoms with E-state index in [4.69, 9.17) is 4.74 Å². The van der Waals surface area contributed by atoms with Crippen LogP contribution in [0.15, 0.2) is 30.3 Å². The van der Waals surface area contributed by atoms with E-state index < -0.39 is 12.2 Å². The van der Waals surface area contributed by atoms with Gasteiger partial charge in [-0.25, -0.2) is 0 Å². The quantitative estimate of drug-likeness (QED) is 0.626. The Kier molecular flexibility index (Phi) is 4.09. The smallest absolute Gasteiger partial charge is 0.254 e. The summed E-state index contributed by atoms with van der Waals surface area (Å²) in [4.78, 5) is 14.4. The zero-order valence-corrected chi connectivity index (χ0v) is 16.9. The van der Waals surface area contributed by atoms with Crippen LogP contribution in [0.4, 0.5) is 0 Å². The number of methoxy groups -OCH3 is 1. The van der Waals surface area contributed by atoms with E-state index in [-0.39, 0.29) is 11.9 Å². The van der Waals surface area contributed by atoms with E-state index in [0.717, 1.165) is 27.6 Å². The topological polar surface area (TPSA) is 70.0 Å². The lowest BCUT2D eigenvalue weighted by molar-refractivity contribution is -0.159. The fourth-order valence-electron chi connectivity index (χ4n) is 5.12. The molecule has 0 aromatic heterocycles. The summed E-state index contributed by atoms with van der Waals surface area (Å²) in [7, 11) is 1.69. The Labute approximate surface area is 169 Å². The van der Waals surface area contributed by atoms with Crippen LogP contribution in [0, 0.1) is 13.8 Å². The van der Waals surface area contributed by atoms with Crippen molar-refractivity contribution in [2.45, 2.75) is 51.5 Å². The number of amides is 1. The van der Waals surface area contributed by atoms with E-state index in [2.05, 4.69) is 44.2 Å². The van der Waals surface area contributed by atoms with Gasteiger partial charge in [0.15, 0.2) is 6.10 Å². The maximum atomic E-state index is 12.7. The standard InChI is InChI=1S/C24H25NO4/c1-12-4-5-15-16(6-12)17-7-13(2)22(29-3)10-19(17)18-8-14-9-21(26)23(27)24(28)25(14)11-20(15)18/h4-7,10,14,21,23,26-27H,8-9,11H2,1-3H3/t14-,21?,23?/m0/s1. The maximum absolute atomic E-state index is 12.7. The summed E-state index contributed by atoms with van der Waals surface area (Å²) >= 11 is 0. The molecule has 1 amide bonds. The molecule has 0 radical (unpaired) electrons. The van der Waals surface area contributed by atoms with E-state index in [1.165, 1.54) is 21.9 Å². The molecule has 1 fully saturated rings. The normalized spacial score (nSPS) is 24.0. The van der Waals surface area contributed by atoms with E-state index >= 15 is 0 Å². The van der Waals surface area contributed by atoms with Gasteiger partial charge in [-0.3, -0.25) is 4.79 Å². The number of benzene rings is 3. The lowest BCUT2D eigenvalue weighted by Gasteiger charge is -2.44. The van der Waals surface area contributed by atoms with Crippen LogP contribution in [0.2, 0.25) is 0 Å². The van der Waals surface area contributed by atoms with E-state index in [9.17, 15) is 15.0 Å². The molecule has 2 heterocycles. The highest BCUT2D eigenvalue weighted by Gasteiger charge is 2.43. The molecular formula is C24H25NO4. The summed E-state index contributed by atoms with van der Waals surface area (Å²) < 4.78 is 5.60. The Morgan fingerprint density at radius 3 is 2.52 bits per heavy atom. The summed E-state index contributed by atoms with van der Waals surface area (Å²) in [6, 6.07) is 10.6. The van der Waals surface area contributed by atoms with Crippen molar-refractivity contribution in [1.82, 2.24) is 4.90 Å². The van der Waals surface area contributed by atoms with E-state index in [1.54, 1.807) is 12.0 Å². The minimum Gasteiger partial charge on any atom is -0.496 e. The van der Waals surface area contributed by atoms with Crippen LogP contribution in [-0.4, -0.2) is 46.4 Å². The summed E-state index contributed by atoms with van der Waals surface area (Å²) in [5.41, 5.74) is 4.62. The molecule has 3 aromatic carbocycles. The molecule has 5 heteroatoms. The van der Waals surface area contributed by atoms with Gasteiger partial charge in [0.25, 0.3) is 5.91 Å². The zero-order chi connectivity index (χ0) is 20.4. The van der Waals surface area contributed by atoms with Gasteiger partial charge in [-0.2, -0.15) is 0 Å². The third-order valence-electron chi connectivity index (χ3n) is 6.64. The number of piperidine rings is 1. The minimum atomic E-state index is -1.33. The summed E-state index contributed by atoms with van der Waals surface area (Å²) in [6.07, 6.45) is -1.28. The average molecular weight is 391 g/mol. The molecule has 2 aliphatic heterocycles. The lowest BCUT2D eigenvalue weighted by atomic mass is 9.81. The van der Waals surface area contributed by atoms with Gasteiger partial charge in [0.2, 0.25) is 0 Å². The van der Waals surface area contributed by atoms with Crippen molar-refractivity contribution < 1.29 is 19.7 Å². The van der Waals surface area contributed by atoms with Gasteiger partial charge in [0, 0.05) is 12.6 Å². The molecule has 0 bridgehead atoms. The fraction of sp³-hybridized carbons (Fsp3) is 0.375. The van der Waals surface area contributed by atoms with Crippen molar-refractivity contribution in [2.24, 2.45) is 0 Å². The van der Waals surface area contributed by atoms with Crippen LogP contribution in [-0.2, 0) is 17.8 Å². The monoisotopic (exact) mass is 391 g/mol. The van der Waals surface area contributed by atoms with Gasteiger partial charge in [0.1, 0.15) is 5.75 Å². The maximum Gasteiger partial charge on any atom is 0.254 e. The Hall–Kier alpha value is -2.63. The van der Waals surface area contributed by atoms with Crippen LogP contribution < -0.4 is 4.74 Å². The summed E-state index contributed by atoms with van der Waals surface area (Å²) in [5, 5.41) is 24.9. The number of ether oxygens (including phenoxy) is 1. The average Bonchev–Trinajstić information content (AvgIpc) is 2.71. The van der Waals surface area contributed by atoms with Gasteiger partial charge in [0.05, 0.1) is 13.2 Å². The number of carbonyl (C=O) groups is 1. The largest absolute Gasteiger partial charge is 0.496 e. The summed E-state index contributed by atoms with van der Waals surface area (Å²) in [5.74, 6) is 0.477. The van der Waals surface area contributed by atoms with Gasteiger partial charge >= 0.3 is 0 Å². The molecule has 3 atom stereocenters. The first-order valence-corrected chi connectivity index (χ1v) is 10.1. The molecule has 1 saturated heterocycles. The second-order valence-electron chi connectivity index (χ2n) is 8.45. The Bertz CT molecular complexity index is 1170. The highest BCUT2D eigenvalue weighted by molar-refractivity contribution is 6.12. The number of aryl methyl sites for hydroxylation is 2. The summed E-state index contributed by atoms with van der Waals surface area (Å²) in [6.45, 7) is 4.59. The molecule has 2 N–H and O–H groups in total. The highest BCUT2D eigenvalue weighted by atomic mass is 16.5. The minimum absolute atomic E-state index is 0.105. The molecule has 2 aliphatic rings. The lowest BCUT2D eigenvalue weighted by Crippen LogP contribution is -2.58. The first-order chi connectivity index (χ1) is 13.9. The number of hydrogen-bond acceptors (Lipinski definition) is 4. The Balaban J connectivity index is 1.82. The molecule has 0 saturated carbocycles. The predicted octanol–water partition coefficient (Wildman–Crippen LogP) is 3.00. The van der Waals surface area contributed by atoms with E-state index in [0.29, 0.717) is 19.4 Å². The van der Waals surface area contributed by atoms with Crippen molar-refractivity contribution in [3.8, 4) is 5.75 Å². The highest BCUT2D eigenvalue weighted by Crippen LogP contribution is 2.42. The fourth-order valence-corrected chi connectivity index (χ4v) is 5.12. The first kappa shape index (κ1) is 18.4. The Morgan fingerprint density at radius 2 is 1.76 bits per heavy atom. The SMILES string of the molecule is COc1cc2c3c(c4ccc(C)cc4c2cc1C)CN1C(=O)C(O)C(O)C[C@@H]1C3. The zero-order valence-electron chi connectivity index (χ0n) is 16.9. The van der Waals surface area contributed by atoms with Crippen molar-refractivity contribution in [1.29, 1.82) is 0 Å². The number of aliphatic hydroxyl groups is 2. The second kappa shape index (κ2) is 6.44. The van der Waals surface area contributed by atoms with Crippen LogP contribution in [0.5, 0.6) is 5.75 Å². The molecule has 5 rings (SSSR count). The predicted molar refractivity (Wildman–Crippen MR) is 112 cm³/mol. The number of carbonyl (C=O) groups excluding carboxylic acids is 1. The molecular weight excluding hydrogens is 366 g/mol. The van der Waals surface area contributed by atoms with Gasteiger partial charge < -0.3 is 19.8 Å². The van der Waals surface area contributed by atoms with Crippen molar-refractivity contribution in [3.63, 3.8) is 0 Å². The van der Waals surface area contributed by atoms with Gasteiger partial charge in [-0.05, 0) is 77.1 Å². The van der Waals surface area contributed by atoms with Crippen molar-refractivity contribution in [2.75, 3.05) is 7.11 Å². The third-order valence-corrected chi connectivity index (χ3v) is 6.64. The van der Waals surface area contributed by atoms with Crippen molar-refractivity contribution in [3.05, 3.63) is 52.6 Å². The number of nitrogens with zero attached hydrogens (tertiary/aromatic N) is 1. The molecule has 29 heavy (non-hydrogen) atoms. The number of fused-ring (bicyclic) bond motifs is 7. The number of rotatable bonds is 1. The van der Waals surface area contributed by atoms with E-state index in [1.807, 2.05) is 0 Å². The second-order valence-corrected chi connectivity index (χ2v) is 8.45. The molecule has 2 unspecified atom stereocenters. The molecule has 3 aromatic rings. The molecule has 150 valence electrons. The Morgan fingerprint density at radius 1 is 1.00 bits per heavy atom. The van der Waals surface area contributed by atoms with Crippen LogP contribution in [0.25, 0.3) is 21.5 Å². The number of aliphatic hydroxyl groups excluding tert-OH is 2. The van der Waals surface area contributed by atoms with Crippen LogP contribution >= 0.6 is 0 Å². The first-order valence-electron chi connectivity index (χ1n) is 10.1.